The van der Waals surface area contributed by atoms with Gasteiger partial charge in [-0.05, 0) is 31.5 Å². The monoisotopic (exact) mass is 410 g/mol. The number of pyridine rings is 1. The van der Waals surface area contributed by atoms with Gasteiger partial charge in [-0.25, -0.2) is 9.97 Å². The largest absolute Gasteiger partial charge is 0.491 e. The van der Waals surface area contributed by atoms with E-state index >= 15 is 0 Å². The molecule has 0 aliphatic carbocycles. The Kier molecular flexibility index (Phi) is 6.66. The summed E-state index contributed by atoms with van der Waals surface area (Å²) in [7, 11) is 1.43. The molecular weight excluding hydrogens is 388 g/mol. The normalized spacial score (nSPS) is 10.6. The van der Waals surface area contributed by atoms with Gasteiger partial charge in [-0.1, -0.05) is 29.5 Å². The van der Waals surface area contributed by atoms with Crippen molar-refractivity contribution in [2.24, 2.45) is 0 Å². The summed E-state index contributed by atoms with van der Waals surface area (Å²) in [6, 6.07) is 9.08. The van der Waals surface area contributed by atoms with Crippen LogP contribution in [0.2, 0.25) is 0 Å². The lowest BCUT2D eigenvalue weighted by atomic mass is 10.1. The predicted molar refractivity (Wildman–Crippen MR) is 113 cm³/mol. The highest BCUT2D eigenvalue weighted by atomic mass is 32.2. The summed E-state index contributed by atoms with van der Waals surface area (Å²) in [5, 5.41) is 3.53. The zero-order valence-electron chi connectivity index (χ0n) is 16.5. The Labute approximate surface area is 173 Å². The van der Waals surface area contributed by atoms with Gasteiger partial charge in [0.25, 0.3) is 0 Å². The van der Waals surface area contributed by atoms with E-state index in [-0.39, 0.29) is 23.6 Å². The number of methoxy groups -OCH3 is 1. The summed E-state index contributed by atoms with van der Waals surface area (Å²) < 4.78 is 6.86. The van der Waals surface area contributed by atoms with Gasteiger partial charge in [0.05, 0.1) is 13.3 Å². The lowest BCUT2D eigenvalue weighted by Gasteiger charge is -2.15. The molecule has 29 heavy (non-hydrogen) atoms. The van der Waals surface area contributed by atoms with E-state index in [2.05, 4.69) is 15.3 Å². The Morgan fingerprint density at radius 3 is 2.66 bits per heavy atom. The molecule has 3 aromatic rings. The van der Waals surface area contributed by atoms with Crippen molar-refractivity contribution in [3.8, 4) is 5.75 Å². The molecular formula is C21H22N4O3S. The first-order valence-electron chi connectivity index (χ1n) is 9.00. The van der Waals surface area contributed by atoms with Gasteiger partial charge >= 0.3 is 0 Å². The van der Waals surface area contributed by atoms with Crippen molar-refractivity contribution in [3.63, 3.8) is 0 Å². The Balaban J connectivity index is 1.80. The number of hydrogen-bond acceptors (Lipinski definition) is 6. The summed E-state index contributed by atoms with van der Waals surface area (Å²) in [6.45, 7) is 4.01. The highest BCUT2D eigenvalue weighted by Crippen LogP contribution is 2.20. The van der Waals surface area contributed by atoms with E-state index in [1.165, 1.54) is 24.9 Å². The number of rotatable bonds is 7. The van der Waals surface area contributed by atoms with Crippen LogP contribution in [0.5, 0.6) is 5.75 Å². The Morgan fingerprint density at radius 2 is 1.97 bits per heavy atom. The molecule has 0 saturated carbocycles. The first-order valence-corrected chi connectivity index (χ1v) is 9.99. The number of nitrogens with zero attached hydrogens (tertiary/aromatic N) is 3. The van der Waals surface area contributed by atoms with Crippen molar-refractivity contribution < 1.29 is 9.53 Å². The van der Waals surface area contributed by atoms with Crippen molar-refractivity contribution in [1.82, 2.24) is 14.5 Å². The van der Waals surface area contributed by atoms with Crippen LogP contribution in [0.3, 0.4) is 0 Å². The van der Waals surface area contributed by atoms with Gasteiger partial charge in [0.2, 0.25) is 11.3 Å². The number of benzene rings is 1. The second-order valence-electron chi connectivity index (χ2n) is 6.51. The highest BCUT2D eigenvalue weighted by Gasteiger charge is 2.12. The van der Waals surface area contributed by atoms with Crippen LogP contribution in [0.1, 0.15) is 16.8 Å². The van der Waals surface area contributed by atoms with E-state index in [1.807, 2.05) is 32.0 Å². The van der Waals surface area contributed by atoms with E-state index < -0.39 is 0 Å². The first-order chi connectivity index (χ1) is 14.0. The third-order valence-electron chi connectivity index (χ3n) is 4.26. The Morgan fingerprint density at radius 1 is 1.21 bits per heavy atom. The number of carbonyl (C=O) groups excluding carboxylic acids is 1. The second kappa shape index (κ2) is 9.38. The van der Waals surface area contributed by atoms with E-state index in [1.54, 1.807) is 29.2 Å². The predicted octanol–water partition coefficient (Wildman–Crippen LogP) is 3.19. The molecule has 1 aromatic carbocycles. The zero-order valence-corrected chi connectivity index (χ0v) is 17.3. The molecule has 150 valence electrons. The maximum absolute atomic E-state index is 12.6. The van der Waals surface area contributed by atoms with Crippen LogP contribution in [-0.4, -0.2) is 27.6 Å². The molecule has 2 heterocycles. The summed E-state index contributed by atoms with van der Waals surface area (Å²) >= 11 is 1.39. The van der Waals surface area contributed by atoms with E-state index in [0.29, 0.717) is 16.6 Å². The van der Waals surface area contributed by atoms with Crippen LogP contribution in [-0.2, 0) is 17.1 Å². The Hall–Kier alpha value is -3.13. The smallest absolute Gasteiger partial charge is 0.244 e. The van der Waals surface area contributed by atoms with Crippen molar-refractivity contribution in [3.05, 3.63) is 76.0 Å². The van der Waals surface area contributed by atoms with Crippen LogP contribution < -0.4 is 15.5 Å². The molecule has 7 nitrogen and oxygen atoms in total. The van der Waals surface area contributed by atoms with Gasteiger partial charge in [-0.3, -0.25) is 9.59 Å². The van der Waals surface area contributed by atoms with E-state index in [9.17, 15) is 9.59 Å². The third-order valence-corrected chi connectivity index (χ3v) is 5.17. The molecule has 8 heteroatoms. The number of carbonyl (C=O) groups is 1. The highest BCUT2D eigenvalue weighted by molar-refractivity contribution is 7.98. The minimum atomic E-state index is -0.233. The number of ether oxygens (including phenoxy) is 1. The van der Waals surface area contributed by atoms with Gasteiger partial charge in [0.15, 0.2) is 10.9 Å². The molecule has 3 rings (SSSR count). The van der Waals surface area contributed by atoms with E-state index in [0.717, 1.165) is 16.8 Å². The molecule has 2 aromatic heterocycles. The van der Waals surface area contributed by atoms with Gasteiger partial charge in [-0.15, -0.1) is 0 Å². The van der Waals surface area contributed by atoms with Crippen LogP contribution in [0, 0.1) is 13.8 Å². The minimum Gasteiger partial charge on any atom is -0.491 e. The average molecular weight is 410 g/mol. The summed E-state index contributed by atoms with van der Waals surface area (Å²) in [5.74, 6) is 0.444. The molecule has 1 N–H and O–H groups in total. The molecule has 0 aliphatic heterocycles. The number of anilines is 1. The van der Waals surface area contributed by atoms with Gasteiger partial charge < -0.3 is 14.6 Å². The maximum Gasteiger partial charge on any atom is 0.244 e. The van der Waals surface area contributed by atoms with E-state index in [4.69, 9.17) is 4.74 Å². The number of thioether (sulfide) groups is 1. The summed E-state index contributed by atoms with van der Waals surface area (Å²) in [4.78, 5) is 33.2. The molecule has 0 bridgehead atoms. The lowest BCUT2D eigenvalue weighted by Crippen LogP contribution is -2.23. The number of nitrogens with one attached hydrogen (secondary N) is 1. The number of amides is 1. The van der Waals surface area contributed by atoms with Gasteiger partial charge in [0, 0.05) is 35.6 Å². The third kappa shape index (κ3) is 5.45. The van der Waals surface area contributed by atoms with Crippen LogP contribution in [0.15, 0.2) is 58.9 Å². The van der Waals surface area contributed by atoms with Gasteiger partial charge in [0.1, 0.15) is 6.54 Å². The van der Waals surface area contributed by atoms with Crippen LogP contribution >= 0.6 is 11.8 Å². The maximum atomic E-state index is 12.6. The lowest BCUT2D eigenvalue weighted by molar-refractivity contribution is -0.116. The first kappa shape index (κ1) is 20.6. The van der Waals surface area contributed by atoms with Crippen molar-refractivity contribution >= 4 is 23.4 Å². The minimum absolute atomic E-state index is 0.0511. The molecule has 0 saturated heterocycles. The van der Waals surface area contributed by atoms with Crippen molar-refractivity contribution in [2.45, 2.75) is 31.3 Å². The fourth-order valence-electron chi connectivity index (χ4n) is 2.82. The Bertz CT molecular complexity index is 1070. The molecule has 0 aliphatic rings. The molecule has 1 amide bonds. The fourth-order valence-corrected chi connectivity index (χ4v) is 3.61. The second-order valence-corrected chi connectivity index (χ2v) is 7.45. The van der Waals surface area contributed by atoms with Crippen LogP contribution in [0.4, 0.5) is 5.69 Å². The van der Waals surface area contributed by atoms with Crippen LogP contribution in [0.25, 0.3) is 0 Å². The number of aromatic nitrogens is 3. The molecule has 0 fully saturated rings. The quantitative estimate of drug-likeness (QED) is 0.476. The average Bonchev–Trinajstić information content (AvgIpc) is 2.70. The molecule has 0 spiro atoms. The van der Waals surface area contributed by atoms with Gasteiger partial charge in [-0.2, -0.15) is 0 Å². The SMILES string of the molecule is COc1cn(CC(=O)Nc2ccc(C)cc2C)c(CSc2ncccn2)cc1=O. The summed E-state index contributed by atoms with van der Waals surface area (Å²) in [5.41, 5.74) is 3.34. The standard InChI is InChI=1S/C21H22N4O3S/c1-14-5-6-17(15(2)9-14)24-20(27)12-25-11-19(28-3)18(26)10-16(25)13-29-21-22-7-4-8-23-21/h4-11H,12-13H2,1-3H3,(H,24,27). The molecule has 0 radical (unpaired) electrons. The van der Waals surface area contributed by atoms with Crippen molar-refractivity contribution in [1.29, 1.82) is 0 Å². The topological polar surface area (TPSA) is 86.1 Å². The summed E-state index contributed by atoms with van der Waals surface area (Å²) in [6.07, 6.45) is 4.88. The number of aryl methyl sites for hydroxylation is 2. The number of hydrogen-bond donors (Lipinski definition) is 1. The molecule has 0 atom stereocenters. The van der Waals surface area contributed by atoms with Crippen molar-refractivity contribution in [2.75, 3.05) is 12.4 Å². The zero-order chi connectivity index (χ0) is 20.8. The fraction of sp³-hybridized carbons (Fsp3) is 0.238. The molecule has 0 unspecified atom stereocenters.